The van der Waals surface area contributed by atoms with Crippen molar-refractivity contribution < 1.29 is 9.48 Å². The van der Waals surface area contributed by atoms with Gasteiger partial charge in [0.05, 0.1) is 20.2 Å². The van der Waals surface area contributed by atoms with Gasteiger partial charge >= 0.3 is 11.9 Å². The Morgan fingerprint density at radius 1 is 1.06 bits per heavy atom. The Kier molecular flexibility index (Phi) is 4.07. The van der Waals surface area contributed by atoms with E-state index < -0.39 is 0 Å². The lowest BCUT2D eigenvalue weighted by Gasteiger charge is -2.08. The highest BCUT2D eigenvalue weighted by Crippen LogP contribution is 2.07. The predicted octanol–water partition coefficient (Wildman–Crippen LogP) is -1.79. The third kappa shape index (κ3) is 3.66. The molecule has 1 aromatic rings. The normalized spacial score (nSPS) is 13.4. The van der Waals surface area contributed by atoms with Crippen LogP contribution in [-0.2, 0) is 0 Å². The molecule has 10 nitrogen and oxygen atoms in total. The average molecular weight is 254 g/mol. The number of hydrogen-bond donors (Lipinski definition) is 4. The minimum absolute atomic E-state index is 0.127. The molecule has 0 spiro atoms. The molecule has 1 heterocycles. The molecule has 0 saturated carbocycles. The molecule has 0 unspecified atom stereocenters. The number of nitrogens with one attached hydrogen (secondary N) is 2. The van der Waals surface area contributed by atoms with Gasteiger partial charge in [0.1, 0.15) is 6.33 Å². The smallest absolute Gasteiger partial charge is 0.349 e. The largest absolute Gasteiger partial charge is 0.745 e. The van der Waals surface area contributed by atoms with Crippen molar-refractivity contribution in [2.75, 3.05) is 24.7 Å². The molecule has 0 saturated heterocycles. The number of hydroxylamine groups is 2. The zero-order valence-electron chi connectivity index (χ0n) is 9.91. The Hall–Kier alpha value is -2.78. The number of aromatic nitrogens is 2. The minimum atomic E-state index is -0.127. The molecule has 1 aromatic heterocycles. The van der Waals surface area contributed by atoms with Crippen molar-refractivity contribution in [1.29, 1.82) is 0 Å². The average Bonchev–Trinajstić information content (AvgIpc) is 2.29. The SMILES string of the molecule is C/[N+]([O-])=C(\N)Nc1cc(N/C(N)=[N+](/C)[O-])ncn1. The van der Waals surface area contributed by atoms with Crippen LogP contribution < -0.4 is 22.1 Å². The van der Waals surface area contributed by atoms with Gasteiger partial charge in [-0.15, -0.1) is 0 Å². The number of nitrogens with two attached hydrogens (primary N) is 2. The van der Waals surface area contributed by atoms with Gasteiger partial charge in [-0.3, -0.25) is 20.9 Å². The van der Waals surface area contributed by atoms with Crippen molar-refractivity contribution in [3.63, 3.8) is 0 Å². The first kappa shape index (κ1) is 13.3. The van der Waals surface area contributed by atoms with Gasteiger partial charge in [0.2, 0.25) is 0 Å². The van der Waals surface area contributed by atoms with E-state index in [4.69, 9.17) is 11.5 Å². The van der Waals surface area contributed by atoms with E-state index in [2.05, 4.69) is 20.6 Å². The molecular formula is C8H14N8O2. The molecule has 0 bridgehead atoms. The van der Waals surface area contributed by atoms with Crippen LogP contribution in [0.1, 0.15) is 0 Å². The number of anilines is 2. The van der Waals surface area contributed by atoms with E-state index in [9.17, 15) is 10.4 Å². The maximum atomic E-state index is 10.9. The van der Waals surface area contributed by atoms with E-state index in [-0.39, 0.29) is 23.6 Å². The summed E-state index contributed by atoms with van der Waals surface area (Å²) in [6, 6.07) is 1.44. The predicted molar refractivity (Wildman–Crippen MR) is 66.8 cm³/mol. The summed E-state index contributed by atoms with van der Waals surface area (Å²) in [5, 5.41) is 26.8. The highest BCUT2D eigenvalue weighted by molar-refractivity contribution is 5.90. The first-order valence-corrected chi connectivity index (χ1v) is 4.83. The molecule has 18 heavy (non-hydrogen) atoms. The second-order valence-corrected chi connectivity index (χ2v) is 3.30. The summed E-state index contributed by atoms with van der Waals surface area (Å²) in [7, 11) is 2.47. The first-order valence-electron chi connectivity index (χ1n) is 4.83. The third-order valence-corrected chi connectivity index (χ3v) is 1.86. The van der Waals surface area contributed by atoms with E-state index in [0.29, 0.717) is 9.48 Å². The Balaban J connectivity index is 2.87. The fourth-order valence-corrected chi connectivity index (χ4v) is 0.914. The monoisotopic (exact) mass is 254 g/mol. The van der Waals surface area contributed by atoms with Crippen LogP contribution in [0.25, 0.3) is 0 Å². The Labute approximate surface area is 103 Å². The van der Waals surface area contributed by atoms with Gasteiger partial charge in [0, 0.05) is 0 Å². The highest BCUT2D eigenvalue weighted by Gasteiger charge is 2.08. The number of rotatable bonds is 2. The molecule has 0 amide bonds. The zero-order chi connectivity index (χ0) is 13.7. The summed E-state index contributed by atoms with van der Waals surface area (Å²) < 4.78 is 0.891. The zero-order valence-corrected chi connectivity index (χ0v) is 9.91. The van der Waals surface area contributed by atoms with Crippen LogP contribution in [0.2, 0.25) is 0 Å². The molecule has 0 radical (unpaired) electrons. The van der Waals surface area contributed by atoms with Crippen molar-refractivity contribution in [2.45, 2.75) is 0 Å². The summed E-state index contributed by atoms with van der Waals surface area (Å²) in [5.41, 5.74) is 10.8. The Morgan fingerprint density at radius 2 is 1.44 bits per heavy atom. The summed E-state index contributed by atoms with van der Waals surface area (Å²) >= 11 is 0. The van der Waals surface area contributed by atoms with Gasteiger partial charge in [-0.2, -0.15) is 0 Å². The van der Waals surface area contributed by atoms with Gasteiger partial charge < -0.3 is 10.4 Å². The second kappa shape index (κ2) is 5.52. The van der Waals surface area contributed by atoms with Gasteiger partial charge in [-0.05, 0) is 0 Å². The maximum Gasteiger partial charge on any atom is 0.349 e. The van der Waals surface area contributed by atoms with E-state index in [1.54, 1.807) is 0 Å². The van der Waals surface area contributed by atoms with Crippen LogP contribution >= 0.6 is 0 Å². The molecule has 98 valence electrons. The Bertz CT molecular complexity index is 448. The summed E-state index contributed by atoms with van der Waals surface area (Å²) in [6.07, 6.45) is 1.22. The van der Waals surface area contributed by atoms with Crippen LogP contribution in [0.5, 0.6) is 0 Å². The van der Waals surface area contributed by atoms with E-state index >= 15 is 0 Å². The second-order valence-electron chi connectivity index (χ2n) is 3.30. The molecule has 0 aliphatic rings. The highest BCUT2D eigenvalue weighted by atomic mass is 16.5. The van der Waals surface area contributed by atoms with Gasteiger partial charge in [0.15, 0.2) is 11.6 Å². The number of hydrogen-bond acceptors (Lipinski definition) is 4. The minimum Gasteiger partial charge on any atom is -0.745 e. The van der Waals surface area contributed by atoms with Crippen molar-refractivity contribution in [3.8, 4) is 0 Å². The fourth-order valence-electron chi connectivity index (χ4n) is 0.914. The topological polar surface area (TPSA) is 154 Å². The summed E-state index contributed by atoms with van der Waals surface area (Å²) in [4.78, 5) is 7.69. The van der Waals surface area contributed by atoms with Gasteiger partial charge in [-0.1, -0.05) is 0 Å². The van der Waals surface area contributed by atoms with E-state index in [1.807, 2.05) is 0 Å². The van der Waals surface area contributed by atoms with Gasteiger partial charge in [-0.25, -0.2) is 20.6 Å². The maximum absolute atomic E-state index is 10.9. The number of nitrogens with zero attached hydrogens (tertiary/aromatic N) is 4. The molecule has 0 fully saturated rings. The van der Waals surface area contributed by atoms with Crippen LogP contribution in [0.3, 0.4) is 0 Å². The fraction of sp³-hybridized carbons (Fsp3) is 0.250. The van der Waals surface area contributed by atoms with Crippen molar-refractivity contribution >= 4 is 23.6 Å². The lowest BCUT2D eigenvalue weighted by molar-refractivity contribution is -0.423. The quantitative estimate of drug-likeness (QED) is 0.158. The molecular weight excluding hydrogens is 240 g/mol. The van der Waals surface area contributed by atoms with Crippen molar-refractivity contribution in [2.24, 2.45) is 11.5 Å². The van der Waals surface area contributed by atoms with Gasteiger partial charge in [0.25, 0.3) is 0 Å². The van der Waals surface area contributed by atoms with E-state index in [1.165, 1.54) is 26.5 Å². The Morgan fingerprint density at radius 3 is 1.78 bits per heavy atom. The molecule has 0 aliphatic carbocycles. The number of guanidine groups is 2. The first-order chi connectivity index (χ1) is 8.40. The van der Waals surface area contributed by atoms with Crippen LogP contribution in [0.4, 0.5) is 11.6 Å². The molecule has 10 heteroatoms. The summed E-state index contributed by atoms with van der Waals surface area (Å²) in [6.45, 7) is 0. The standard InChI is InChI=1S/C8H14N8O2/c1-15(17)7(9)13-5-3-6(12-4-11-5)14-8(10)16(2)18/h3-4H,9-10H2,1-2H3,(H2,11,12,13,14)/b15-7-,16-8-. The summed E-state index contributed by atoms with van der Waals surface area (Å²) in [5.74, 6) is 0.318. The van der Waals surface area contributed by atoms with Crippen molar-refractivity contribution in [1.82, 2.24) is 9.97 Å². The van der Waals surface area contributed by atoms with Crippen LogP contribution in [0.15, 0.2) is 12.4 Å². The van der Waals surface area contributed by atoms with E-state index in [0.717, 1.165) is 0 Å². The lowest BCUT2D eigenvalue weighted by atomic mass is 10.5. The molecule has 6 N–H and O–H groups in total. The lowest BCUT2D eigenvalue weighted by Crippen LogP contribution is -2.32. The third-order valence-electron chi connectivity index (χ3n) is 1.86. The molecule has 1 rings (SSSR count). The van der Waals surface area contributed by atoms with Crippen LogP contribution in [-0.4, -0.2) is 45.5 Å². The molecule has 0 aromatic carbocycles. The van der Waals surface area contributed by atoms with Crippen molar-refractivity contribution in [3.05, 3.63) is 22.8 Å². The molecule has 0 aliphatic heterocycles. The molecule has 0 atom stereocenters. The van der Waals surface area contributed by atoms with Crippen LogP contribution in [0, 0.1) is 10.4 Å².